The zero-order chi connectivity index (χ0) is 14.1. The molecule has 0 amide bonds. The van der Waals surface area contributed by atoms with Crippen molar-refractivity contribution in [3.63, 3.8) is 0 Å². The van der Waals surface area contributed by atoms with Gasteiger partial charge < -0.3 is 0 Å². The Bertz CT molecular complexity index is 805. The minimum absolute atomic E-state index is 0.112. The van der Waals surface area contributed by atoms with Crippen LogP contribution in [0.1, 0.15) is 16.3 Å². The first-order valence-corrected chi connectivity index (χ1v) is 7.98. The molecule has 2 heterocycles. The van der Waals surface area contributed by atoms with Crippen LogP contribution < -0.4 is 5.56 Å². The van der Waals surface area contributed by atoms with E-state index in [4.69, 9.17) is 0 Å². The molecule has 20 heavy (non-hydrogen) atoms. The van der Waals surface area contributed by atoms with Crippen molar-refractivity contribution in [1.29, 1.82) is 0 Å². The van der Waals surface area contributed by atoms with Crippen molar-refractivity contribution in [1.82, 2.24) is 14.6 Å². The lowest BCUT2D eigenvalue weighted by atomic mass is 10.2. The molecule has 0 bridgehead atoms. The molecule has 0 unspecified atom stereocenters. The highest BCUT2D eigenvalue weighted by atomic mass is 32.2. The third-order valence-electron chi connectivity index (χ3n) is 2.81. The minimum atomic E-state index is -0.112. The Hall–Kier alpha value is -1.66. The van der Waals surface area contributed by atoms with Gasteiger partial charge in [0.05, 0.1) is 5.69 Å². The van der Waals surface area contributed by atoms with Gasteiger partial charge in [-0.1, -0.05) is 29.0 Å². The zero-order valence-corrected chi connectivity index (χ0v) is 12.8. The molecular formula is C14H13N3OS2. The van der Waals surface area contributed by atoms with Gasteiger partial charge in [0.25, 0.3) is 5.56 Å². The molecule has 4 nitrogen and oxygen atoms in total. The maximum atomic E-state index is 11.9. The Morgan fingerprint density at radius 1 is 1.25 bits per heavy atom. The number of hydrogen-bond donors (Lipinski definition) is 0. The highest BCUT2D eigenvalue weighted by Gasteiger charge is 2.07. The highest BCUT2D eigenvalue weighted by Crippen LogP contribution is 2.22. The van der Waals surface area contributed by atoms with Gasteiger partial charge in [-0.05, 0) is 26.0 Å². The van der Waals surface area contributed by atoms with Gasteiger partial charge in [-0.2, -0.15) is 9.61 Å². The van der Waals surface area contributed by atoms with Crippen molar-refractivity contribution in [3.8, 4) is 0 Å². The van der Waals surface area contributed by atoms with Crippen molar-refractivity contribution in [2.75, 3.05) is 0 Å². The van der Waals surface area contributed by atoms with Gasteiger partial charge >= 0.3 is 0 Å². The number of aromatic nitrogens is 3. The number of aryl methyl sites for hydroxylation is 2. The first kappa shape index (κ1) is 13.3. The van der Waals surface area contributed by atoms with Crippen molar-refractivity contribution in [2.24, 2.45) is 0 Å². The van der Waals surface area contributed by atoms with Crippen LogP contribution in [0.4, 0.5) is 0 Å². The minimum Gasteiger partial charge on any atom is -0.267 e. The Morgan fingerprint density at radius 3 is 2.75 bits per heavy atom. The third kappa shape index (κ3) is 2.76. The quantitative estimate of drug-likeness (QED) is 0.698. The molecule has 1 aromatic carbocycles. The summed E-state index contributed by atoms with van der Waals surface area (Å²) in [5.74, 6) is 0.686. The summed E-state index contributed by atoms with van der Waals surface area (Å²) in [6.07, 6.45) is 0. The van der Waals surface area contributed by atoms with E-state index < -0.39 is 0 Å². The van der Waals surface area contributed by atoms with Crippen LogP contribution in [-0.2, 0) is 5.75 Å². The normalized spacial score (nSPS) is 11.1. The Morgan fingerprint density at radius 2 is 2.00 bits per heavy atom. The fourth-order valence-corrected chi connectivity index (χ4v) is 3.38. The lowest BCUT2D eigenvalue weighted by Gasteiger charge is -2.02. The Balaban J connectivity index is 1.84. The fourth-order valence-electron chi connectivity index (χ4n) is 1.82. The van der Waals surface area contributed by atoms with E-state index in [1.165, 1.54) is 26.3 Å². The smallest absolute Gasteiger partial charge is 0.267 e. The van der Waals surface area contributed by atoms with E-state index in [1.54, 1.807) is 17.8 Å². The van der Waals surface area contributed by atoms with E-state index >= 15 is 0 Å². The van der Waals surface area contributed by atoms with Crippen molar-refractivity contribution < 1.29 is 0 Å². The van der Waals surface area contributed by atoms with Crippen molar-refractivity contribution in [3.05, 3.63) is 57.0 Å². The maximum Gasteiger partial charge on any atom is 0.275 e. The molecule has 0 aliphatic heterocycles. The summed E-state index contributed by atoms with van der Waals surface area (Å²) < 4.78 is 1.36. The third-order valence-corrected chi connectivity index (χ3v) is 4.68. The number of fused-ring (bicyclic) bond motifs is 1. The van der Waals surface area contributed by atoms with Gasteiger partial charge in [0.2, 0.25) is 4.96 Å². The summed E-state index contributed by atoms with van der Waals surface area (Å²) in [6.45, 7) is 3.94. The molecule has 0 saturated carbocycles. The molecule has 2 aromatic heterocycles. The standard InChI is InChI=1S/C14H13N3OS2/c1-9-3-5-12(6-4-9)19-8-11-7-13(18)17-14(15-11)20-10(2)16-17/h3-7H,8H2,1-2H3. The average Bonchev–Trinajstić information content (AvgIpc) is 2.79. The van der Waals surface area contributed by atoms with Crippen LogP contribution in [0.2, 0.25) is 0 Å². The summed E-state index contributed by atoms with van der Waals surface area (Å²) in [5.41, 5.74) is 1.93. The predicted octanol–water partition coefficient (Wildman–Crippen LogP) is 3.06. The van der Waals surface area contributed by atoms with E-state index in [2.05, 4.69) is 41.3 Å². The summed E-state index contributed by atoms with van der Waals surface area (Å²) >= 11 is 3.12. The first-order valence-electron chi connectivity index (χ1n) is 6.18. The number of benzene rings is 1. The molecule has 3 aromatic rings. The molecule has 3 rings (SSSR count). The van der Waals surface area contributed by atoms with Crippen LogP contribution in [0.15, 0.2) is 40.0 Å². The SMILES string of the molecule is Cc1ccc(SCc2cc(=O)n3nc(C)sc3n2)cc1. The first-order chi connectivity index (χ1) is 9.61. The van der Waals surface area contributed by atoms with Gasteiger partial charge in [-0.15, -0.1) is 11.8 Å². The number of thioether (sulfide) groups is 1. The Kier molecular flexibility index (Phi) is 3.58. The van der Waals surface area contributed by atoms with Crippen LogP contribution in [-0.4, -0.2) is 14.6 Å². The second kappa shape index (κ2) is 5.38. The van der Waals surface area contributed by atoms with E-state index in [0.717, 1.165) is 10.7 Å². The Labute approximate surface area is 124 Å². The van der Waals surface area contributed by atoms with Crippen LogP contribution >= 0.6 is 23.1 Å². The van der Waals surface area contributed by atoms with Crippen LogP contribution in [0.5, 0.6) is 0 Å². The van der Waals surface area contributed by atoms with E-state index in [1.807, 2.05) is 6.92 Å². The van der Waals surface area contributed by atoms with Gasteiger partial charge in [0, 0.05) is 16.7 Å². The predicted molar refractivity (Wildman–Crippen MR) is 82.6 cm³/mol. The topological polar surface area (TPSA) is 47.3 Å². The number of rotatable bonds is 3. The summed E-state index contributed by atoms with van der Waals surface area (Å²) in [4.78, 5) is 18.3. The number of nitrogens with zero attached hydrogens (tertiary/aromatic N) is 3. The lowest BCUT2D eigenvalue weighted by molar-refractivity contribution is 0.872. The van der Waals surface area contributed by atoms with E-state index in [-0.39, 0.29) is 5.56 Å². The average molecular weight is 303 g/mol. The maximum absolute atomic E-state index is 11.9. The summed E-state index contributed by atoms with van der Waals surface area (Å²) in [7, 11) is 0. The molecule has 0 aliphatic rings. The van der Waals surface area contributed by atoms with Gasteiger partial charge in [-0.25, -0.2) is 4.98 Å². The van der Waals surface area contributed by atoms with E-state index in [9.17, 15) is 4.79 Å². The molecule has 0 fully saturated rings. The number of hydrogen-bond acceptors (Lipinski definition) is 5. The van der Waals surface area contributed by atoms with Crippen LogP contribution in [0.3, 0.4) is 0 Å². The fraction of sp³-hybridized carbons (Fsp3) is 0.214. The van der Waals surface area contributed by atoms with Crippen LogP contribution in [0.25, 0.3) is 4.96 Å². The van der Waals surface area contributed by atoms with Gasteiger partial charge in [0.15, 0.2) is 0 Å². The summed E-state index contributed by atoms with van der Waals surface area (Å²) in [6, 6.07) is 9.90. The zero-order valence-electron chi connectivity index (χ0n) is 11.2. The summed E-state index contributed by atoms with van der Waals surface area (Å²) in [5, 5.41) is 4.98. The molecule has 0 atom stereocenters. The van der Waals surface area contributed by atoms with Crippen LogP contribution in [0, 0.1) is 13.8 Å². The van der Waals surface area contributed by atoms with Gasteiger partial charge in [-0.3, -0.25) is 4.79 Å². The van der Waals surface area contributed by atoms with Gasteiger partial charge in [0.1, 0.15) is 5.01 Å². The van der Waals surface area contributed by atoms with Crippen molar-refractivity contribution in [2.45, 2.75) is 24.5 Å². The van der Waals surface area contributed by atoms with E-state index in [0.29, 0.717) is 10.7 Å². The largest absolute Gasteiger partial charge is 0.275 e. The molecular weight excluding hydrogens is 290 g/mol. The molecule has 0 N–H and O–H groups in total. The van der Waals surface area contributed by atoms with Crippen molar-refractivity contribution >= 4 is 28.1 Å². The highest BCUT2D eigenvalue weighted by molar-refractivity contribution is 7.98. The molecule has 0 saturated heterocycles. The molecule has 0 radical (unpaired) electrons. The lowest BCUT2D eigenvalue weighted by Crippen LogP contribution is -2.15. The molecule has 6 heteroatoms. The second-order valence-electron chi connectivity index (χ2n) is 4.50. The molecule has 0 spiro atoms. The second-order valence-corrected chi connectivity index (χ2v) is 6.71. The molecule has 0 aliphatic carbocycles. The monoisotopic (exact) mass is 303 g/mol. The molecule has 102 valence electrons.